The molecule has 1 saturated heterocycles. The molecule has 1 aliphatic heterocycles. The van der Waals surface area contributed by atoms with Gasteiger partial charge in [-0.2, -0.15) is 13.2 Å². The molecule has 0 aromatic heterocycles. The topological polar surface area (TPSA) is 21.3 Å². The fourth-order valence-electron chi connectivity index (χ4n) is 2.12. The molecule has 0 unspecified atom stereocenters. The van der Waals surface area contributed by atoms with Gasteiger partial charge in [0, 0.05) is 19.7 Å². The van der Waals surface area contributed by atoms with E-state index in [1.165, 1.54) is 12.1 Å². The number of ether oxygens (including phenoxy) is 1. The highest BCUT2D eigenvalue weighted by Crippen LogP contribution is 2.31. The Morgan fingerprint density at radius 3 is 2.72 bits per heavy atom. The molecule has 1 aromatic rings. The number of alkyl halides is 3. The molecule has 2 rings (SSSR count). The van der Waals surface area contributed by atoms with Gasteiger partial charge < -0.3 is 10.1 Å². The normalized spacial score (nSPS) is 20.3. The van der Waals surface area contributed by atoms with Gasteiger partial charge in [-0.25, -0.2) is 0 Å². The minimum Gasteiger partial charge on any atom is -0.377 e. The summed E-state index contributed by atoms with van der Waals surface area (Å²) in [4.78, 5) is 0. The van der Waals surface area contributed by atoms with Crippen molar-refractivity contribution in [1.82, 2.24) is 5.32 Å². The highest BCUT2D eigenvalue weighted by atomic mass is 19.4. The summed E-state index contributed by atoms with van der Waals surface area (Å²) in [7, 11) is 0. The molecule has 1 N–H and O–H groups in total. The fraction of sp³-hybridized carbons (Fsp3) is 0.538. The minimum absolute atomic E-state index is 0.142. The summed E-state index contributed by atoms with van der Waals surface area (Å²) in [6.45, 7) is 1.58. The molecule has 1 aliphatic rings. The molecule has 1 aromatic carbocycles. The van der Waals surface area contributed by atoms with Gasteiger partial charge in [-0.05, 0) is 24.5 Å². The second-order valence-electron chi connectivity index (χ2n) is 4.42. The van der Waals surface area contributed by atoms with Gasteiger partial charge in [0.15, 0.2) is 0 Å². The summed E-state index contributed by atoms with van der Waals surface area (Å²) >= 11 is 0. The lowest BCUT2D eigenvalue weighted by atomic mass is 10.1. The van der Waals surface area contributed by atoms with Gasteiger partial charge in [-0.1, -0.05) is 18.2 Å². The Labute approximate surface area is 104 Å². The maximum Gasteiger partial charge on any atom is 0.416 e. The molecule has 1 fully saturated rings. The van der Waals surface area contributed by atoms with Crippen LogP contribution in [-0.2, 0) is 17.5 Å². The summed E-state index contributed by atoms with van der Waals surface area (Å²) < 4.78 is 43.6. The van der Waals surface area contributed by atoms with Crippen molar-refractivity contribution >= 4 is 0 Å². The molecular formula is C13H16F3NO. The molecule has 0 saturated carbocycles. The van der Waals surface area contributed by atoms with E-state index in [1.807, 2.05) is 0 Å². The zero-order valence-electron chi connectivity index (χ0n) is 9.96. The average Bonchev–Trinajstić information content (AvgIpc) is 2.81. The van der Waals surface area contributed by atoms with Crippen LogP contribution in [0.15, 0.2) is 24.3 Å². The van der Waals surface area contributed by atoms with E-state index in [4.69, 9.17) is 4.74 Å². The van der Waals surface area contributed by atoms with Crippen LogP contribution in [0, 0.1) is 0 Å². The van der Waals surface area contributed by atoms with E-state index in [2.05, 4.69) is 5.32 Å². The standard InChI is InChI=1S/C13H16F3NO/c14-13(15,16)12-6-2-1-4-10(12)8-17-9-11-5-3-7-18-11/h1-2,4,6,11,17H,3,5,7-9H2/t11-/m0/s1. The third-order valence-electron chi connectivity index (χ3n) is 3.03. The summed E-state index contributed by atoms with van der Waals surface area (Å²) in [5.74, 6) is 0. The Hall–Kier alpha value is -1.07. The van der Waals surface area contributed by atoms with Crippen LogP contribution in [0.3, 0.4) is 0 Å². The highest BCUT2D eigenvalue weighted by Gasteiger charge is 2.32. The fourth-order valence-corrected chi connectivity index (χ4v) is 2.12. The SMILES string of the molecule is FC(F)(F)c1ccccc1CNC[C@@H]1CCCO1. The van der Waals surface area contributed by atoms with E-state index >= 15 is 0 Å². The zero-order chi connectivity index (χ0) is 13.0. The third kappa shape index (κ3) is 3.46. The molecule has 0 amide bonds. The second-order valence-corrected chi connectivity index (χ2v) is 4.42. The van der Waals surface area contributed by atoms with E-state index in [0.717, 1.165) is 25.5 Å². The second kappa shape index (κ2) is 5.71. The van der Waals surface area contributed by atoms with Crippen LogP contribution in [0.5, 0.6) is 0 Å². The monoisotopic (exact) mass is 259 g/mol. The molecule has 0 bridgehead atoms. The van der Waals surface area contributed by atoms with E-state index < -0.39 is 11.7 Å². The number of halogens is 3. The van der Waals surface area contributed by atoms with E-state index in [-0.39, 0.29) is 18.2 Å². The largest absolute Gasteiger partial charge is 0.416 e. The molecule has 0 aliphatic carbocycles. The molecule has 18 heavy (non-hydrogen) atoms. The van der Waals surface area contributed by atoms with Crippen LogP contribution in [0.1, 0.15) is 24.0 Å². The van der Waals surface area contributed by atoms with E-state index in [0.29, 0.717) is 6.54 Å². The Morgan fingerprint density at radius 2 is 2.06 bits per heavy atom. The Morgan fingerprint density at radius 1 is 1.28 bits per heavy atom. The van der Waals surface area contributed by atoms with Gasteiger partial charge >= 0.3 is 6.18 Å². The van der Waals surface area contributed by atoms with Gasteiger partial charge in [0.1, 0.15) is 0 Å². The van der Waals surface area contributed by atoms with Crippen LogP contribution in [-0.4, -0.2) is 19.3 Å². The first kappa shape index (κ1) is 13.4. The average molecular weight is 259 g/mol. The summed E-state index contributed by atoms with van der Waals surface area (Å²) in [5.41, 5.74) is -0.284. The molecule has 100 valence electrons. The number of nitrogens with one attached hydrogen (secondary N) is 1. The molecule has 0 spiro atoms. The van der Waals surface area contributed by atoms with Crippen molar-refractivity contribution in [3.05, 3.63) is 35.4 Å². The first-order valence-corrected chi connectivity index (χ1v) is 6.05. The predicted molar refractivity (Wildman–Crippen MR) is 62.1 cm³/mol. The maximum atomic E-state index is 12.7. The predicted octanol–water partition coefficient (Wildman–Crippen LogP) is 2.97. The van der Waals surface area contributed by atoms with Gasteiger partial charge in [-0.15, -0.1) is 0 Å². The van der Waals surface area contributed by atoms with Crippen molar-refractivity contribution in [1.29, 1.82) is 0 Å². The maximum absolute atomic E-state index is 12.7. The number of rotatable bonds is 4. The Kier molecular flexibility index (Phi) is 4.24. The van der Waals surface area contributed by atoms with Crippen molar-refractivity contribution in [2.75, 3.05) is 13.2 Å². The minimum atomic E-state index is -4.29. The van der Waals surface area contributed by atoms with Crippen LogP contribution in [0.4, 0.5) is 13.2 Å². The molecule has 0 radical (unpaired) electrons. The summed E-state index contributed by atoms with van der Waals surface area (Å²) in [6, 6.07) is 5.65. The lowest BCUT2D eigenvalue weighted by molar-refractivity contribution is -0.138. The zero-order valence-corrected chi connectivity index (χ0v) is 9.96. The van der Waals surface area contributed by atoms with Gasteiger partial charge in [-0.3, -0.25) is 0 Å². The quantitative estimate of drug-likeness (QED) is 0.897. The molecule has 5 heteroatoms. The van der Waals surface area contributed by atoms with Crippen LogP contribution in [0.2, 0.25) is 0 Å². The van der Waals surface area contributed by atoms with Gasteiger partial charge in [0.25, 0.3) is 0 Å². The lowest BCUT2D eigenvalue weighted by Crippen LogP contribution is -2.26. The third-order valence-corrected chi connectivity index (χ3v) is 3.03. The van der Waals surface area contributed by atoms with Crippen LogP contribution >= 0.6 is 0 Å². The van der Waals surface area contributed by atoms with E-state index in [9.17, 15) is 13.2 Å². The summed E-state index contributed by atoms with van der Waals surface area (Å²) in [5, 5.41) is 3.03. The number of hydrogen-bond acceptors (Lipinski definition) is 2. The highest BCUT2D eigenvalue weighted by molar-refractivity contribution is 5.29. The number of benzene rings is 1. The van der Waals surface area contributed by atoms with Crippen LogP contribution < -0.4 is 5.32 Å². The lowest BCUT2D eigenvalue weighted by Gasteiger charge is -2.14. The Bertz CT molecular complexity index is 386. The van der Waals surface area contributed by atoms with Crippen molar-refractivity contribution in [2.45, 2.75) is 31.7 Å². The molecule has 2 nitrogen and oxygen atoms in total. The van der Waals surface area contributed by atoms with E-state index in [1.54, 1.807) is 6.07 Å². The smallest absolute Gasteiger partial charge is 0.377 e. The van der Waals surface area contributed by atoms with Gasteiger partial charge in [0.2, 0.25) is 0 Å². The van der Waals surface area contributed by atoms with Crippen molar-refractivity contribution in [3.8, 4) is 0 Å². The Balaban J connectivity index is 1.92. The molecule has 1 heterocycles. The molecular weight excluding hydrogens is 243 g/mol. The van der Waals surface area contributed by atoms with Crippen molar-refractivity contribution in [3.63, 3.8) is 0 Å². The number of hydrogen-bond donors (Lipinski definition) is 1. The molecule has 1 atom stereocenters. The summed E-state index contributed by atoms with van der Waals surface area (Å²) in [6.07, 6.45) is -2.13. The van der Waals surface area contributed by atoms with Gasteiger partial charge in [0.05, 0.1) is 11.7 Å². The first-order chi connectivity index (χ1) is 8.57. The van der Waals surface area contributed by atoms with Crippen molar-refractivity contribution in [2.24, 2.45) is 0 Å². The van der Waals surface area contributed by atoms with Crippen molar-refractivity contribution < 1.29 is 17.9 Å². The first-order valence-electron chi connectivity index (χ1n) is 6.05. The van der Waals surface area contributed by atoms with Crippen LogP contribution in [0.25, 0.3) is 0 Å².